The zero-order valence-corrected chi connectivity index (χ0v) is 7.43. The molecule has 0 aromatic carbocycles. The molecule has 0 aromatic rings. The number of hydrogen-bond donors (Lipinski definition) is 0. The highest BCUT2D eigenvalue weighted by Crippen LogP contribution is 2.13. The molecule has 1 atom stereocenters. The third kappa shape index (κ3) is 4.02. The number of esters is 1. The fourth-order valence-electron chi connectivity index (χ4n) is 1.05. The van der Waals surface area contributed by atoms with Crippen molar-refractivity contribution in [3.63, 3.8) is 0 Å². The number of carbonyl (C=O) groups is 1. The minimum Gasteiger partial charge on any atom is -0.469 e. The van der Waals surface area contributed by atoms with Crippen molar-refractivity contribution in [2.24, 2.45) is 5.92 Å². The minimum atomic E-state index is -0.0825. The zero-order valence-electron chi connectivity index (χ0n) is 7.43. The van der Waals surface area contributed by atoms with Gasteiger partial charge in [0.25, 0.3) is 0 Å². The van der Waals surface area contributed by atoms with Crippen LogP contribution in [0.4, 0.5) is 0 Å². The number of hydrogen-bond acceptors (Lipinski definition) is 2. The van der Waals surface area contributed by atoms with Gasteiger partial charge in [-0.05, 0) is 12.8 Å². The second-order valence-corrected chi connectivity index (χ2v) is 2.62. The largest absolute Gasteiger partial charge is 0.469 e. The first-order valence-electron chi connectivity index (χ1n) is 4.13. The van der Waals surface area contributed by atoms with Crippen LogP contribution in [0.15, 0.2) is 0 Å². The fraction of sp³-hybridized carbons (Fsp3) is 0.778. The molecule has 0 aliphatic rings. The van der Waals surface area contributed by atoms with Crippen molar-refractivity contribution in [3.05, 3.63) is 6.92 Å². The van der Waals surface area contributed by atoms with Crippen LogP contribution in [0.1, 0.15) is 32.6 Å². The Kier molecular flexibility index (Phi) is 5.90. The van der Waals surface area contributed by atoms with Crippen molar-refractivity contribution >= 4 is 5.97 Å². The van der Waals surface area contributed by atoms with Gasteiger partial charge in [0, 0.05) is 0 Å². The van der Waals surface area contributed by atoms with Crippen LogP contribution in [-0.2, 0) is 9.53 Å². The zero-order chi connectivity index (χ0) is 8.69. The van der Waals surface area contributed by atoms with E-state index in [4.69, 9.17) is 0 Å². The minimum absolute atomic E-state index is 0.0825. The Balaban J connectivity index is 3.65. The van der Waals surface area contributed by atoms with E-state index in [1.54, 1.807) is 0 Å². The first-order valence-corrected chi connectivity index (χ1v) is 4.13. The summed E-state index contributed by atoms with van der Waals surface area (Å²) in [4.78, 5) is 11.0. The third-order valence-electron chi connectivity index (χ3n) is 1.83. The Hall–Kier alpha value is -0.530. The summed E-state index contributed by atoms with van der Waals surface area (Å²) in [6, 6.07) is 0. The number of carbonyl (C=O) groups excluding carboxylic acids is 1. The smallest absolute Gasteiger partial charge is 0.308 e. The summed E-state index contributed by atoms with van der Waals surface area (Å²) in [5, 5.41) is 0. The third-order valence-corrected chi connectivity index (χ3v) is 1.83. The van der Waals surface area contributed by atoms with Crippen LogP contribution in [0.25, 0.3) is 0 Å². The summed E-state index contributed by atoms with van der Waals surface area (Å²) < 4.78 is 4.64. The molecular weight excluding hydrogens is 140 g/mol. The number of ether oxygens (including phenoxy) is 1. The summed E-state index contributed by atoms with van der Waals surface area (Å²) in [5.41, 5.74) is 0. The Labute approximate surface area is 68.9 Å². The molecule has 11 heavy (non-hydrogen) atoms. The lowest BCUT2D eigenvalue weighted by Gasteiger charge is -2.10. The van der Waals surface area contributed by atoms with Gasteiger partial charge >= 0.3 is 5.97 Å². The van der Waals surface area contributed by atoms with Crippen LogP contribution in [0.3, 0.4) is 0 Å². The van der Waals surface area contributed by atoms with Crippen molar-refractivity contribution in [2.45, 2.75) is 32.6 Å². The summed E-state index contributed by atoms with van der Waals surface area (Å²) in [6.45, 7) is 5.73. The van der Waals surface area contributed by atoms with E-state index in [2.05, 4.69) is 11.7 Å². The van der Waals surface area contributed by atoms with E-state index >= 15 is 0 Å². The number of rotatable bonds is 5. The van der Waals surface area contributed by atoms with Crippen LogP contribution >= 0.6 is 0 Å². The van der Waals surface area contributed by atoms with Gasteiger partial charge in [0.05, 0.1) is 13.0 Å². The Bertz CT molecular complexity index is 110. The standard InChI is InChI=1S/C9H17O2/c1-4-6-7-8(5-2)9(10)11-3/h8H,1,4-7H2,2-3H3. The molecule has 65 valence electrons. The molecule has 1 unspecified atom stereocenters. The van der Waals surface area contributed by atoms with Gasteiger partial charge in [-0.3, -0.25) is 4.79 Å². The molecule has 0 saturated heterocycles. The monoisotopic (exact) mass is 157 g/mol. The van der Waals surface area contributed by atoms with Gasteiger partial charge in [0.2, 0.25) is 0 Å². The van der Waals surface area contributed by atoms with Gasteiger partial charge in [0.1, 0.15) is 0 Å². The molecule has 0 amide bonds. The van der Waals surface area contributed by atoms with E-state index in [9.17, 15) is 4.79 Å². The molecule has 1 radical (unpaired) electrons. The van der Waals surface area contributed by atoms with E-state index in [1.165, 1.54) is 7.11 Å². The summed E-state index contributed by atoms with van der Waals surface area (Å²) in [7, 11) is 1.44. The lowest BCUT2D eigenvalue weighted by atomic mass is 10.00. The van der Waals surface area contributed by atoms with Crippen molar-refractivity contribution in [1.29, 1.82) is 0 Å². The molecule has 0 N–H and O–H groups in total. The second-order valence-electron chi connectivity index (χ2n) is 2.62. The van der Waals surface area contributed by atoms with Gasteiger partial charge in [-0.1, -0.05) is 26.7 Å². The molecule has 0 aromatic heterocycles. The van der Waals surface area contributed by atoms with Crippen LogP contribution in [0.5, 0.6) is 0 Å². The predicted molar refractivity (Wildman–Crippen MR) is 45.0 cm³/mol. The van der Waals surface area contributed by atoms with Gasteiger partial charge < -0.3 is 4.74 Å². The summed E-state index contributed by atoms with van der Waals surface area (Å²) in [5.74, 6) is 0.00250. The van der Waals surface area contributed by atoms with Gasteiger partial charge in [-0.25, -0.2) is 0 Å². The van der Waals surface area contributed by atoms with Crippen molar-refractivity contribution < 1.29 is 9.53 Å². The van der Waals surface area contributed by atoms with E-state index in [0.717, 1.165) is 25.7 Å². The molecule has 0 spiro atoms. The van der Waals surface area contributed by atoms with Gasteiger partial charge in [0.15, 0.2) is 0 Å². The van der Waals surface area contributed by atoms with Crippen molar-refractivity contribution in [2.75, 3.05) is 7.11 Å². The molecule has 0 bridgehead atoms. The van der Waals surface area contributed by atoms with Gasteiger partial charge in [-0.15, -0.1) is 0 Å². The SMILES string of the molecule is [CH2]CCCC(CC)C(=O)OC. The highest BCUT2D eigenvalue weighted by molar-refractivity contribution is 5.72. The maximum absolute atomic E-state index is 11.0. The molecule has 0 heterocycles. The van der Waals surface area contributed by atoms with Crippen LogP contribution < -0.4 is 0 Å². The molecule has 0 fully saturated rings. The summed E-state index contributed by atoms with van der Waals surface area (Å²) >= 11 is 0. The molecular formula is C9H17O2. The van der Waals surface area contributed by atoms with E-state index in [-0.39, 0.29) is 11.9 Å². The van der Waals surface area contributed by atoms with Crippen LogP contribution in [0, 0.1) is 12.8 Å². The van der Waals surface area contributed by atoms with E-state index in [0.29, 0.717) is 0 Å². The van der Waals surface area contributed by atoms with Crippen LogP contribution in [-0.4, -0.2) is 13.1 Å². The molecule has 2 heteroatoms. The summed E-state index contributed by atoms with van der Waals surface area (Å²) in [6.07, 6.45) is 3.68. The number of methoxy groups -OCH3 is 1. The predicted octanol–water partition coefficient (Wildman–Crippen LogP) is 2.19. The average Bonchev–Trinajstić information content (AvgIpc) is 2.05. The van der Waals surface area contributed by atoms with Crippen molar-refractivity contribution in [3.8, 4) is 0 Å². The fourth-order valence-corrected chi connectivity index (χ4v) is 1.05. The van der Waals surface area contributed by atoms with Crippen LogP contribution in [0.2, 0.25) is 0 Å². The van der Waals surface area contributed by atoms with E-state index < -0.39 is 0 Å². The highest BCUT2D eigenvalue weighted by Gasteiger charge is 2.15. The molecule has 0 aliphatic carbocycles. The maximum atomic E-state index is 11.0. The second kappa shape index (κ2) is 6.20. The Morgan fingerprint density at radius 2 is 2.27 bits per heavy atom. The lowest BCUT2D eigenvalue weighted by molar-refractivity contribution is -0.145. The maximum Gasteiger partial charge on any atom is 0.308 e. The van der Waals surface area contributed by atoms with E-state index in [1.807, 2.05) is 6.92 Å². The molecule has 0 aliphatic heterocycles. The first kappa shape index (κ1) is 10.5. The Morgan fingerprint density at radius 3 is 2.64 bits per heavy atom. The van der Waals surface area contributed by atoms with Gasteiger partial charge in [-0.2, -0.15) is 0 Å². The normalized spacial score (nSPS) is 12.6. The highest BCUT2D eigenvalue weighted by atomic mass is 16.5. The topological polar surface area (TPSA) is 26.3 Å². The quantitative estimate of drug-likeness (QED) is 0.572. The average molecular weight is 157 g/mol. The van der Waals surface area contributed by atoms with Crippen molar-refractivity contribution in [1.82, 2.24) is 0 Å². The lowest BCUT2D eigenvalue weighted by Crippen LogP contribution is -2.14. The first-order chi connectivity index (χ1) is 5.26. The molecule has 2 nitrogen and oxygen atoms in total. The molecule has 0 saturated carbocycles. The number of unbranched alkanes of at least 4 members (excludes halogenated alkanes) is 1. The molecule has 0 rings (SSSR count). The Morgan fingerprint density at radius 1 is 1.64 bits per heavy atom.